The highest BCUT2D eigenvalue weighted by Gasteiger charge is 2.27. The summed E-state index contributed by atoms with van der Waals surface area (Å²) in [6.07, 6.45) is 3.93. The Labute approximate surface area is 101 Å². The van der Waals surface area contributed by atoms with Crippen LogP contribution in [-0.2, 0) is 11.2 Å². The number of carbonyl (C=O) groups is 1. The minimum atomic E-state index is -0.218. The number of allylic oxidation sites excluding steroid dienone is 2. The van der Waals surface area contributed by atoms with Gasteiger partial charge in [-0.15, -0.1) is 0 Å². The van der Waals surface area contributed by atoms with E-state index in [0.717, 1.165) is 17.6 Å². The lowest BCUT2D eigenvalue weighted by molar-refractivity contribution is -0.117. The van der Waals surface area contributed by atoms with E-state index in [2.05, 4.69) is 13.8 Å². The van der Waals surface area contributed by atoms with Gasteiger partial charge in [0.15, 0.2) is 5.78 Å². The Hall–Kier alpha value is -1.44. The first kappa shape index (κ1) is 12.0. The van der Waals surface area contributed by atoms with E-state index in [1.165, 1.54) is 12.1 Å². The predicted molar refractivity (Wildman–Crippen MR) is 66.2 cm³/mol. The van der Waals surface area contributed by atoms with Crippen molar-refractivity contribution in [2.45, 2.75) is 33.1 Å². The summed E-state index contributed by atoms with van der Waals surface area (Å²) in [6, 6.07) is 6.58. The van der Waals surface area contributed by atoms with Gasteiger partial charge in [-0.3, -0.25) is 4.79 Å². The van der Waals surface area contributed by atoms with Gasteiger partial charge >= 0.3 is 0 Å². The molecule has 1 aromatic rings. The molecular formula is C15H17FO. The van der Waals surface area contributed by atoms with E-state index in [9.17, 15) is 9.18 Å². The molecule has 0 aliphatic heterocycles. The largest absolute Gasteiger partial charge is 0.295 e. The average Bonchev–Trinajstić information content (AvgIpc) is 2.13. The molecule has 0 bridgehead atoms. The third kappa shape index (κ3) is 3.26. The van der Waals surface area contributed by atoms with Crippen molar-refractivity contribution in [1.82, 2.24) is 0 Å². The molecule has 1 aliphatic rings. The number of halogens is 1. The lowest BCUT2D eigenvalue weighted by Crippen LogP contribution is -2.22. The van der Waals surface area contributed by atoms with Gasteiger partial charge in [-0.05, 0) is 42.0 Å². The van der Waals surface area contributed by atoms with Crippen LogP contribution in [0.25, 0.3) is 0 Å². The van der Waals surface area contributed by atoms with Crippen LogP contribution in [0.5, 0.6) is 0 Å². The predicted octanol–water partition coefficient (Wildman–Crippen LogP) is 3.68. The SMILES string of the molecule is CC1(C)CC(=O)C=C(Cc2cccc(F)c2)C1. The zero-order valence-corrected chi connectivity index (χ0v) is 10.3. The lowest BCUT2D eigenvalue weighted by Gasteiger charge is -2.28. The second-order valence-electron chi connectivity index (χ2n) is 5.59. The van der Waals surface area contributed by atoms with Gasteiger partial charge < -0.3 is 0 Å². The van der Waals surface area contributed by atoms with Crippen LogP contribution in [0, 0.1) is 11.2 Å². The molecule has 1 aromatic carbocycles. The maximum Gasteiger partial charge on any atom is 0.156 e. The van der Waals surface area contributed by atoms with E-state index in [0.29, 0.717) is 12.8 Å². The number of rotatable bonds is 2. The zero-order valence-electron chi connectivity index (χ0n) is 10.3. The Morgan fingerprint density at radius 2 is 2.06 bits per heavy atom. The average molecular weight is 232 g/mol. The second-order valence-corrected chi connectivity index (χ2v) is 5.59. The van der Waals surface area contributed by atoms with Crippen molar-refractivity contribution >= 4 is 5.78 Å². The Morgan fingerprint density at radius 1 is 1.29 bits per heavy atom. The van der Waals surface area contributed by atoms with Crippen molar-refractivity contribution in [3.8, 4) is 0 Å². The normalized spacial score (nSPS) is 19.0. The fourth-order valence-corrected chi connectivity index (χ4v) is 2.50. The van der Waals surface area contributed by atoms with Crippen molar-refractivity contribution in [2.75, 3.05) is 0 Å². The van der Waals surface area contributed by atoms with Crippen molar-refractivity contribution < 1.29 is 9.18 Å². The highest BCUT2D eigenvalue weighted by molar-refractivity contribution is 5.91. The monoisotopic (exact) mass is 232 g/mol. The quantitative estimate of drug-likeness (QED) is 0.760. The standard InChI is InChI=1S/C15H17FO/c1-15(2)9-12(8-14(17)10-15)6-11-4-3-5-13(16)7-11/h3-5,7-8H,6,9-10H2,1-2H3. The smallest absolute Gasteiger partial charge is 0.156 e. The van der Waals surface area contributed by atoms with Crippen molar-refractivity contribution in [3.05, 3.63) is 47.3 Å². The van der Waals surface area contributed by atoms with E-state index in [1.54, 1.807) is 12.1 Å². The molecule has 0 spiro atoms. The van der Waals surface area contributed by atoms with Crippen LogP contribution in [0.3, 0.4) is 0 Å². The summed E-state index contributed by atoms with van der Waals surface area (Å²) >= 11 is 0. The molecule has 1 aliphatic carbocycles. The highest BCUT2D eigenvalue weighted by atomic mass is 19.1. The number of carbonyl (C=O) groups excluding carboxylic acids is 1. The van der Waals surface area contributed by atoms with Gasteiger partial charge in [0.1, 0.15) is 5.82 Å². The lowest BCUT2D eigenvalue weighted by atomic mass is 9.75. The van der Waals surface area contributed by atoms with Gasteiger partial charge in [-0.25, -0.2) is 4.39 Å². The molecule has 2 rings (SSSR count). The van der Waals surface area contributed by atoms with Gasteiger partial charge in [0, 0.05) is 6.42 Å². The van der Waals surface area contributed by atoms with Gasteiger partial charge in [0.25, 0.3) is 0 Å². The fraction of sp³-hybridized carbons (Fsp3) is 0.400. The number of benzene rings is 1. The summed E-state index contributed by atoms with van der Waals surface area (Å²) in [5.41, 5.74) is 2.08. The van der Waals surface area contributed by atoms with Crippen LogP contribution in [0.15, 0.2) is 35.9 Å². The topological polar surface area (TPSA) is 17.1 Å². The molecule has 0 fully saturated rings. The van der Waals surface area contributed by atoms with E-state index >= 15 is 0 Å². The third-order valence-electron chi connectivity index (χ3n) is 3.04. The van der Waals surface area contributed by atoms with Crippen LogP contribution >= 0.6 is 0 Å². The van der Waals surface area contributed by atoms with Gasteiger partial charge in [-0.1, -0.05) is 31.6 Å². The molecule has 0 saturated carbocycles. The molecule has 1 nitrogen and oxygen atoms in total. The summed E-state index contributed by atoms with van der Waals surface area (Å²) in [4.78, 5) is 11.6. The molecule has 17 heavy (non-hydrogen) atoms. The first-order valence-corrected chi connectivity index (χ1v) is 5.91. The molecule has 0 radical (unpaired) electrons. The maximum atomic E-state index is 13.1. The van der Waals surface area contributed by atoms with Crippen molar-refractivity contribution in [1.29, 1.82) is 0 Å². The number of hydrogen-bond donors (Lipinski definition) is 0. The molecule has 0 unspecified atom stereocenters. The van der Waals surface area contributed by atoms with E-state index in [1.807, 2.05) is 6.07 Å². The Kier molecular flexibility index (Phi) is 3.14. The Morgan fingerprint density at radius 3 is 2.71 bits per heavy atom. The molecule has 0 saturated heterocycles. The Bertz CT molecular complexity index is 472. The minimum Gasteiger partial charge on any atom is -0.295 e. The van der Waals surface area contributed by atoms with Gasteiger partial charge in [-0.2, -0.15) is 0 Å². The van der Waals surface area contributed by atoms with Gasteiger partial charge in [0.2, 0.25) is 0 Å². The number of hydrogen-bond acceptors (Lipinski definition) is 1. The Balaban J connectivity index is 2.16. The molecule has 2 heteroatoms. The molecule has 0 N–H and O–H groups in total. The van der Waals surface area contributed by atoms with Crippen LogP contribution in [0.4, 0.5) is 4.39 Å². The first-order valence-electron chi connectivity index (χ1n) is 5.91. The summed E-state index contributed by atoms with van der Waals surface area (Å²) in [7, 11) is 0. The molecule has 90 valence electrons. The van der Waals surface area contributed by atoms with Crippen LogP contribution in [0.1, 0.15) is 32.3 Å². The minimum absolute atomic E-state index is 0.0362. The number of ketones is 1. The first-order chi connectivity index (χ1) is 7.94. The molecule has 0 atom stereocenters. The van der Waals surface area contributed by atoms with Crippen LogP contribution < -0.4 is 0 Å². The van der Waals surface area contributed by atoms with Crippen molar-refractivity contribution in [2.24, 2.45) is 5.41 Å². The summed E-state index contributed by atoms with van der Waals surface area (Å²) in [5, 5.41) is 0. The van der Waals surface area contributed by atoms with E-state index in [-0.39, 0.29) is 17.0 Å². The van der Waals surface area contributed by atoms with Crippen LogP contribution in [-0.4, -0.2) is 5.78 Å². The third-order valence-corrected chi connectivity index (χ3v) is 3.04. The highest BCUT2D eigenvalue weighted by Crippen LogP contribution is 2.34. The van der Waals surface area contributed by atoms with Crippen molar-refractivity contribution in [3.63, 3.8) is 0 Å². The second kappa shape index (κ2) is 4.44. The fourth-order valence-electron chi connectivity index (χ4n) is 2.50. The maximum absolute atomic E-state index is 13.1. The summed E-state index contributed by atoms with van der Waals surface area (Å²) < 4.78 is 13.1. The van der Waals surface area contributed by atoms with E-state index < -0.39 is 0 Å². The molecule has 0 heterocycles. The molecule has 0 aromatic heterocycles. The van der Waals surface area contributed by atoms with E-state index in [4.69, 9.17) is 0 Å². The van der Waals surface area contributed by atoms with Gasteiger partial charge in [0.05, 0.1) is 0 Å². The summed E-state index contributed by atoms with van der Waals surface area (Å²) in [6.45, 7) is 4.20. The molecular weight excluding hydrogens is 215 g/mol. The zero-order chi connectivity index (χ0) is 12.5. The van der Waals surface area contributed by atoms with Crippen LogP contribution in [0.2, 0.25) is 0 Å². The molecule has 0 amide bonds. The summed E-state index contributed by atoms with van der Waals surface area (Å²) in [5.74, 6) is -0.0304.